The van der Waals surface area contributed by atoms with Gasteiger partial charge < -0.3 is 20.5 Å². The molecule has 3 rings (SSSR count). The smallest absolute Gasteiger partial charge is 0.406 e. The van der Waals surface area contributed by atoms with Crippen molar-refractivity contribution in [1.82, 2.24) is 10.6 Å². The minimum absolute atomic E-state index is 0.0470. The lowest BCUT2D eigenvalue weighted by Gasteiger charge is -2.40. The van der Waals surface area contributed by atoms with Crippen molar-refractivity contribution in [2.45, 2.75) is 44.6 Å². The van der Waals surface area contributed by atoms with Crippen LogP contribution in [0.1, 0.15) is 43.7 Å². The summed E-state index contributed by atoms with van der Waals surface area (Å²) >= 11 is 0. The molecule has 0 bridgehead atoms. The highest BCUT2D eigenvalue weighted by Gasteiger charge is 2.40. The molecule has 3 N–H and O–H groups in total. The maximum atomic E-state index is 15.2. The lowest BCUT2D eigenvalue weighted by Crippen LogP contribution is -2.45. The SMILES string of the molecule is CCc1cccc(-c2c(F)cccc2C(O)(CCCNC(=O)OC)C2CCCNC2)c1. The monoisotopic (exact) mass is 428 g/mol. The van der Waals surface area contributed by atoms with Gasteiger partial charge in [0.25, 0.3) is 0 Å². The standard InChI is InChI=1S/C25H33FN2O3/c1-3-18-8-4-9-19(16-18)23-21(11-5-12-22(23)26)25(30,20-10-6-14-27-17-20)13-7-15-28-24(29)31-2/h4-5,8-9,11-12,16,20,27,30H,3,6-7,10,13-15,17H2,1-2H3,(H,28,29). The van der Waals surface area contributed by atoms with Crippen molar-refractivity contribution < 1.29 is 19.0 Å². The van der Waals surface area contributed by atoms with Gasteiger partial charge in [-0.1, -0.05) is 43.3 Å². The summed E-state index contributed by atoms with van der Waals surface area (Å²) < 4.78 is 19.8. The number of carbonyl (C=O) groups is 1. The van der Waals surface area contributed by atoms with E-state index in [4.69, 9.17) is 0 Å². The summed E-state index contributed by atoms with van der Waals surface area (Å²) in [5.74, 6) is -0.380. The van der Waals surface area contributed by atoms with E-state index in [9.17, 15) is 9.90 Å². The third kappa shape index (κ3) is 5.43. The van der Waals surface area contributed by atoms with Crippen molar-refractivity contribution >= 4 is 6.09 Å². The molecule has 1 fully saturated rings. The summed E-state index contributed by atoms with van der Waals surface area (Å²) in [6.45, 7) is 4.04. The first-order valence-corrected chi connectivity index (χ1v) is 11.1. The average Bonchev–Trinajstić information content (AvgIpc) is 2.81. The van der Waals surface area contributed by atoms with Crippen molar-refractivity contribution in [2.75, 3.05) is 26.7 Å². The van der Waals surface area contributed by atoms with Crippen molar-refractivity contribution in [2.24, 2.45) is 5.92 Å². The maximum absolute atomic E-state index is 15.2. The van der Waals surface area contributed by atoms with E-state index in [-0.39, 0.29) is 11.7 Å². The summed E-state index contributed by atoms with van der Waals surface area (Å²) in [5, 5.41) is 18.1. The van der Waals surface area contributed by atoms with Crippen LogP contribution >= 0.6 is 0 Å². The molecule has 2 atom stereocenters. The Labute approximate surface area is 184 Å². The molecule has 1 saturated heterocycles. The number of halogens is 1. The number of benzene rings is 2. The van der Waals surface area contributed by atoms with E-state index < -0.39 is 11.7 Å². The van der Waals surface area contributed by atoms with Gasteiger partial charge in [-0.25, -0.2) is 9.18 Å². The van der Waals surface area contributed by atoms with Crippen LogP contribution in [0.3, 0.4) is 0 Å². The molecule has 0 saturated carbocycles. The highest BCUT2D eigenvalue weighted by atomic mass is 19.1. The topological polar surface area (TPSA) is 70.6 Å². The molecule has 0 spiro atoms. The molecule has 1 aliphatic heterocycles. The third-order valence-corrected chi connectivity index (χ3v) is 6.27. The van der Waals surface area contributed by atoms with Crippen LogP contribution in [0.2, 0.25) is 0 Å². The highest BCUT2D eigenvalue weighted by molar-refractivity contribution is 5.70. The minimum atomic E-state index is -1.22. The predicted molar refractivity (Wildman–Crippen MR) is 120 cm³/mol. The number of nitrogens with one attached hydrogen (secondary N) is 2. The molecule has 0 aromatic heterocycles. The van der Waals surface area contributed by atoms with Gasteiger partial charge in [-0.15, -0.1) is 0 Å². The molecule has 0 aliphatic carbocycles. The number of rotatable bonds is 8. The van der Waals surface area contributed by atoms with E-state index >= 15 is 4.39 Å². The number of piperidine rings is 1. The maximum Gasteiger partial charge on any atom is 0.406 e. The van der Waals surface area contributed by atoms with E-state index in [1.165, 1.54) is 13.2 Å². The Bertz CT molecular complexity index is 883. The molecule has 31 heavy (non-hydrogen) atoms. The molecule has 168 valence electrons. The van der Waals surface area contributed by atoms with Crippen LogP contribution in [-0.4, -0.2) is 37.9 Å². The number of aryl methyl sites for hydroxylation is 1. The first-order chi connectivity index (χ1) is 15.0. The van der Waals surface area contributed by atoms with Gasteiger partial charge in [0.05, 0.1) is 12.7 Å². The molecule has 2 aromatic rings. The normalized spacial score (nSPS) is 18.3. The van der Waals surface area contributed by atoms with Crippen molar-refractivity contribution in [1.29, 1.82) is 0 Å². The summed E-state index contributed by atoms with van der Waals surface area (Å²) in [5.41, 5.74) is 1.77. The summed E-state index contributed by atoms with van der Waals surface area (Å²) in [4.78, 5) is 11.4. The quantitative estimate of drug-likeness (QED) is 0.546. The number of hydrogen-bond acceptors (Lipinski definition) is 4. The molecule has 2 aromatic carbocycles. The second-order valence-corrected chi connectivity index (χ2v) is 8.21. The molecule has 6 heteroatoms. The van der Waals surface area contributed by atoms with E-state index in [2.05, 4.69) is 22.3 Å². The van der Waals surface area contributed by atoms with E-state index in [0.717, 1.165) is 36.9 Å². The van der Waals surface area contributed by atoms with Gasteiger partial charge in [0.1, 0.15) is 5.82 Å². The third-order valence-electron chi connectivity index (χ3n) is 6.27. The molecule has 1 amide bonds. The van der Waals surface area contributed by atoms with Crippen molar-refractivity contribution in [3.8, 4) is 11.1 Å². The van der Waals surface area contributed by atoms with E-state index in [1.807, 2.05) is 30.3 Å². The fourth-order valence-electron chi connectivity index (χ4n) is 4.56. The zero-order valence-corrected chi connectivity index (χ0v) is 18.4. The van der Waals surface area contributed by atoms with Crippen molar-refractivity contribution in [3.63, 3.8) is 0 Å². The number of ether oxygens (including phenoxy) is 1. The van der Waals surface area contributed by atoms with Gasteiger partial charge in [-0.2, -0.15) is 0 Å². The minimum Gasteiger partial charge on any atom is -0.453 e. The number of methoxy groups -OCH3 is 1. The lowest BCUT2D eigenvalue weighted by atomic mass is 9.72. The van der Waals surface area contributed by atoms with Crippen molar-refractivity contribution in [3.05, 3.63) is 59.4 Å². The Hall–Kier alpha value is -2.44. The van der Waals surface area contributed by atoms with Crippen LogP contribution in [0.25, 0.3) is 11.1 Å². The number of carbonyl (C=O) groups excluding carboxylic acids is 1. The second kappa shape index (κ2) is 10.7. The predicted octanol–water partition coefficient (Wildman–Crippen LogP) is 4.38. The molecule has 0 radical (unpaired) electrons. The Morgan fingerprint density at radius 1 is 1.32 bits per heavy atom. The van der Waals surface area contributed by atoms with Crippen LogP contribution in [0, 0.1) is 11.7 Å². The van der Waals surface area contributed by atoms with Gasteiger partial charge in [-0.05, 0) is 61.4 Å². The summed E-state index contributed by atoms with van der Waals surface area (Å²) in [6, 6.07) is 12.8. The van der Waals surface area contributed by atoms with Crippen LogP contribution in [0.5, 0.6) is 0 Å². The molecule has 1 heterocycles. The number of aliphatic hydroxyl groups is 1. The van der Waals surface area contributed by atoms with Gasteiger partial charge in [-0.3, -0.25) is 0 Å². The Kier molecular flexibility index (Phi) is 8.04. The molecule has 1 aliphatic rings. The van der Waals surface area contributed by atoms with Crippen LogP contribution < -0.4 is 10.6 Å². The molecule has 2 unspecified atom stereocenters. The Morgan fingerprint density at radius 3 is 2.84 bits per heavy atom. The summed E-state index contributed by atoms with van der Waals surface area (Å²) in [6.07, 6.45) is 3.14. The van der Waals surface area contributed by atoms with E-state index in [1.54, 1.807) is 6.07 Å². The first-order valence-electron chi connectivity index (χ1n) is 11.1. The Morgan fingerprint density at radius 2 is 2.13 bits per heavy atom. The van der Waals surface area contributed by atoms with Gasteiger partial charge in [0.2, 0.25) is 0 Å². The second-order valence-electron chi connectivity index (χ2n) is 8.21. The fraction of sp³-hybridized carbons (Fsp3) is 0.480. The van der Waals surface area contributed by atoms with Crippen LogP contribution in [0.15, 0.2) is 42.5 Å². The zero-order valence-electron chi connectivity index (χ0n) is 18.4. The van der Waals surface area contributed by atoms with E-state index in [0.29, 0.717) is 37.1 Å². The average molecular weight is 429 g/mol. The fourth-order valence-corrected chi connectivity index (χ4v) is 4.56. The van der Waals surface area contributed by atoms with Gasteiger partial charge in [0.15, 0.2) is 0 Å². The lowest BCUT2D eigenvalue weighted by molar-refractivity contribution is -0.0417. The van der Waals surface area contributed by atoms with Crippen LogP contribution in [-0.2, 0) is 16.8 Å². The molecular weight excluding hydrogens is 395 g/mol. The molecule has 5 nitrogen and oxygen atoms in total. The molecular formula is C25H33FN2O3. The largest absolute Gasteiger partial charge is 0.453 e. The number of hydrogen-bond donors (Lipinski definition) is 3. The van der Waals surface area contributed by atoms with Crippen LogP contribution in [0.4, 0.5) is 9.18 Å². The van der Waals surface area contributed by atoms with Gasteiger partial charge >= 0.3 is 6.09 Å². The first kappa shape index (κ1) is 23.2. The number of amides is 1. The zero-order chi connectivity index (χ0) is 22.3. The summed E-state index contributed by atoms with van der Waals surface area (Å²) in [7, 11) is 1.32. The highest BCUT2D eigenvalue weighted by Crippen LogP contribution is 2.43. The Balaban J connectivity index is 2.00. The number of alkyl carbamates (subject to hydrolysis) is 1. The van der Waals surface area contributed by atoms with Gasteiger partial charge in [0, 0.05) is 24.6 Å².